The zero-order valence-corrected chi connectivity index (χ0v) is 8.64. The molecule has 0 radical (unpaired) electrons. The monoisotopic (exact) mass is 183 g/mol. The van der Waals surface area contributed by atoms with Gasteiger partial charge in [-0.2, -0.15) is 0 Å². The van der Waals surface area contributed by atoms with Crippen LogP contribution in [0.2, 0.25) is 0 Å². The van der Waals surface area contributed by atoms with Crippen molar-refractivity contribution in [3.63, 3.8) is 0 Å². The molecule has 1 aliphatic carbocycles. The molecule has 1 aliphatic rings. The third kappa shape index (κ3) is 4.30. The normalized spacial score (nSPS) is 17.6. The second-order valence-corrected chi connectivity index (χ2v) is 4.04. The Morgan fingerprint density at radius 1 is 1.38 bits per heavy atom. The molecule has 2 heteroatoms. The van der Waals surface area contributed by atoms with Crippen molar-refractivity contribution >= 4 is 5.91 Å². The highest BCUT2D eigenvalue weighted by Gasteiger charge is 2.15. The second-order valence-electron chi connectivity index (χ2n) is 4.04. The summed E-state index contributed by atoms with van der Waals surface area (Å²) in [6.45, 7) is 2.92. The summed E-state index contributed by atoms with van der Waals surface area (Å²) in [5, 5.41) is 2.92. The predicted octanol–water partition coefficient (Wildman–Crippen LogP) is 2.48. The van der Waals surface area contributed by atoms with Crippen LogP contribution in [0, 0.1) is 5.92 Å². The molecule has 0 aromatic rings. The van der Waals surface area contributed by atoms with E-state index in [1.54, 1.807) is 0 Å². The number of hydrogen-bond donors (Lipinski definition) is 1. The maximum absolute atomic E-state index is 11.2. The molecule has 0 aromatic carbocycles. The van der Waals surface area contributed by atoms with Crippen LogP contribution in [-0.4, -0.2) is 12.5 Å². The van der Waals surface area contributed by atoms with Crippen LogP contribution in [0.3, 0.4) is 0 Å². The van der Waals surface area contributed by atoms with Crippen LogP contribution in [-0.2, 0) is 4.79 Å². The molecule has 1 saturated carbocycles. The van der Waals surface area contributed by atoms with E-state index >= 15 is 0 Å². The number of nitrogens with one attached hydrogen (secondary N) is 1. The third-order valence-electron chi connectivity index (χ3n) is 2.83. The lowest BCUT2D eigenvalue weighted by atomic mass is 10.0. The van der Waals surface area contributed by atoms with Gasteiger partial charge in [-0.1, -0.05) is 32.6 Å². The Morgan fingerprint density at radius 3 is 2.69 bits per heavy atom. The smallest absolute Gasteiger partial charge is 0.220 e. The number of rotatable bonds is 5. The largest absolute Gasteiger partial charge is 0.356 e. The van der Waals surface area contributed by atoms with Gasteiger partial charge in [-0.25, -0.2) is 0 Å². The van der Waals surface area contributed by atoms with Gasteiger partial charge in [-0.3, -0.25) is 4.79 Å². The molecule has 0 heterocycles. The topological polar surface area (TPSA) is 29.1 Å². The Labute approximate surface area is 81.1 Å². The fourth-order valence-electron chi connectivity index (χ4n) is 1.99. The number of carbonyl (C=O) groups excluding carboxylic acids is 1. The third-order valence-corrected chi connectivity index (χ3v) is 2.83. The summed E-state index contributed by atoms with van der Waals surface area (Å²) >= 11 is 0. The summed E-state index contributed by atoms with van der Waals surface area (Å²) < 4.78 is 0. The molecule has 2 nitrogen and oxygen atoms in total. The molecule has 0 saturated heterocycles. The van der Waals surface area contributed by atoms with Gasteiger partial charge in [0.25, 0.3) is 0 Å². The molecular formula is C11H21NO. The van der Waals surface area contributed by atoms with E-state index < -0.39 is 0 Å². The molecule has 76 valence electrons. The van der Waals surface area contributed by atoms with Gasteiger partial charge in [0.1, 0.15) is 0 Å². The van der Waals surface area contributed by atoms with Gasteiger partial charge < -0.3 is 5.32 Å². The van der Waals surface area contributed by atoms with Gasteiger partial charge in [0.05, 0.1) is 0 Å². The van der Waals surface area contributed by atoms with Gasteiger partial charge in [0, 0.05) is 13.0 Å². The van der Waals surface area contributed by atoms with E-state index in [1.165, 1.54) is 25.7 Å². The lowest BCUT2D eigenvalue weighted by Gasteiger charge is -2.08. The Hall–Kier alpha value is -0.530. The van der Waals surface area contributed by atoms with Crippen molar-refractivity contribution in [3.05, 3.63) is 0 Å². The van der Waals surface area contributed by atoms with Crippen molar-refractivity contribution in [1.82, 2.24) is 5.32 Å². The lowest BCUT2D eigenvalue weighted by molar-refractivity contribution is -0.121. The molecule has 0 aromatic heterocycles. The minimum Gasteiger partial charge on any atom is -0.356 e. The first-order valence-electron chi connectivity index (χ1n) is 5.59. The lowest BCUT2D eigenvalue weighted by Crippen LogP contribution is -2.24. The van der Waals surface area contributed by atoms with E-state index in [1.807, 2.05) is 0 Å². The molecule has 13 heavy (non-hydrogen) atoms. The molecule has 1 fully saturated rings. The fraction of sp³-hybridized carbons (Fsp3) is 0.909. The standard InChI is InChI=1S/C11H21NO/c1-2-9-12-11(13)8-7-10-5-3-4-6-10/h10H,2-9H2,1H3,(H,12,13). The highest BCUT2D eigenvalue weighted by Crippen LogP contribution is 2.28. The van der Waals surface area contributed by atoms with Gasteiger partial charge in [0.15, 0.2) is 0 Å². The van der Waals surface area contributed by atoms with Crippen molar-refractivity contribution in [2.24, 2.45) is 5.92 Å². The first-order chi connectivity index (χ1) is 6.33. The van der Waals surface area contributed by atoms with Crippen LogP contribution in [0.1, 0.15) is 51.9 Å². The van der Waals surface area contributed by atoms with Crippen LogP contribution in [0.5, 0.6) is 0 Å². The Morgan fingerprint density at radius 2 is 2.08 bits per heavy atom. The molecule has 0 spiro atoms. The molecule has 1 N–H and O–H groups in total. The van der Waals surface area contributed by atoms with Gasteiger partial charge >= 0.3 is 0 Å². The molecule has 0 atom stereocenters. The van der Waals surface area contributed by atoms with Crippen LogP contribution in [0.15, 0.2) is 0 Å². The van der Waals surface area contributed by atoms with Crippen LogP contribution in [0.25, 0.3) is 0 Å². The van der Waals surface area contributed by atoms with E-state index in [4.69, 9.17) is 0 Å². The second kappa shape index (κ2) is 6.01. The van der Waals surface area contributed by atoms with E-state index in [9.17, 15) is 4.79 Å². The minimum atomic E-state index is 0.244. The van der Waals surface area contributed by atoms with E-state index in [2.05, 4.69) is 12.2 Å². The molecule has 0 aliphatic heterocycles. The van der Waals surface area contributed by atoms with E-state index in [0.717, 1.165) is 31.7 Å². The molecule has 0 unspecified atom stereocenters. The zero-order chi connectivity index (χ0) is 9.52. The molecule has 1 rings (SSSR count). The quantitative estimate of drug-likeness (QED) is 0.697. The number of carbonyl (C=O) groups is 1. The van der Waals surface area contributed by atoms with E-state index in [0.29, 0.717) is 0 Å². The first kappa shape index (κ1) is 10.6. The molecule has 0 bridgehead atoms. The fourth-order valence-corrected chi connectivity index (χ4v) is 1.99. The van der Waals surface area contributed by atoms with Crippen molar-refractivity contribution in [2.75, 3.05) is 6.54 Å². The Bertz CT molecular complexity index is 150. The van der Waals surface area contributed by atoms with Crippen molar-refractivity contribution in [2.45, 2.75) is 51.9 Å². The SMILES string of the molecule is CCCNC(=O)CCC1CCCC1. The van der Waals surface area contributed by atoms with E-state index in [-0.39, 0.29) is 5.91 Å². The van der Waals surface area contributed by atoms with Crippen molar-refractivity contribution in [1.29, 1.82) is 0 Å². The summed E-state index contributed by atoms with van der Waals surface area (Å²) in [4.78, 5) is 11.2. The summed E-state index contributed by atoms with van der Waals surface area (Å²) in [5.41, 5.74) is 0. The Balaban J connectivity index is 2.00. The zero-order valence-electron chi connectivity index (χ0n) is 8.64. The summed E-state index contributed by atoms with van der Waals surface area (Å²) in [7, 11) is 0. The van der Waals surface area contributed by atoms with Gasteiger partial charge in [-0.05, 0) is 18.8 Å². The maximum atomic E-state index is 11.2. The van der Waals surface area contributed by atoms with Crippen LogP contribution < -0.4 is 5.32 Å². The summed E-state index contributed by atoms with van der Waals surface area (Å²) in [5.74, 6) is 1.08. The summed E-state index contributed by atoms with van der Waals surface area (Å²) in [6, 6.07) is 0. The highest BCUT2D eigenvalue weighted by molar-refractivity contribution is 5.75. The highest BCUT2D eigenvalue weighted by atomic mass is 16.1. The molecule has 1 amide bonds. The summed E-state index contributed by atoms with van der Waals surface area (Å²) in [6.07, 6.45) is 8.33. The maximum Gasteiger partial charge on any atom is 0.220 e. The average Bonchev–Trinajstić information content (AvgIpc) is 2.64. The van der Waals surface area contributed by atoms with Gasteiger partial charge in [0.2, 0.25) is 5.91 Å². The van der Waals surface area contributed by atoms with Gasteiger partial charge in [-0.15, -0.1) is 0 Å². The average molecular weight is 183 g/mol. The number of hydrogen-bond acceptors (Lipinski definition) is 1. The number of amides is 1. The molecular weight excluding hydrogens is 162 g/mol. The predicted molar refractivity (Wildman–Crippen MR) is 54.5 cm³/mol. The van der Waals surface area contributed by atoms with Crippen molar-refractivity contribution < 1.29 is 4.79 Å². The van der Waals surface area contributed by atoms with Crippen molar-refractivity contribution in [3.8, 4) is 0 Å². The first-order valence-corrected chi connectivity index (χ1v) is 5.59. The van der Waals surface area contributed by atoms with Crippen LogP contribution >= 0.6 is 0 Å². The van der Waals surface area contributed by atoms with Crippen LogP contribution in [0.4, 0.5) is 0 Å². The minimum absolute atomic E-state index is 0.244. The Kier molecular flexibility index (Phi) is 4.87.